The Morgan fingerprint density at radius 3 is 2.67 bits per heavy atom. The van der Waals surface area contributed by atoms with Crippen molar-refractivity contribution < 1.29 is 13.6 Å². The maximum absolute atomic E-state index is 12.8. The lowest BCUT2D eigenvalue weighted by Gasteiger charge is -1.98. The van der Waals surface area contributed by atoms with Gasteiger partial charge in [0, 0.05) is 6.42 Å². The van der Waals surface area contributed by atoms with Crippen molar-refractivity contribution in [3.8, 4) is 0 Å². The first-order chi connectivity index (χ1) is 5.59. The van der Waals surface area contributed by atoms with Crippen molar-refractivity contribution in [1.29, 1.82) is 0 Å². The molecule has 12 heavy (non-hydrogen) atoms. The minimum absolute atomic E-state index is 0.0666. The third-order valence-electron chi connectivity index (χ3n) is 1.34. The van der Waals surface area contributed by atoms with E-state index >= 15 is 0 Å². The minimum atomic E-state index is -0.566. The summed E-state index contributed by atoms with van der Waals surface area (Å²) in [6.45, 7) is 0. The molecule has 0 aliphatic rings. The number of hydrogen-bond donors (Lipinski definition) is 0. The zero-order valence-electron chi connectivity index (χ0n) is 5.98. The van der Waals surface area contributed by atoms with Crippen LogP contribution in [-0.2, 0) is 11.2 Å². The second kappa shape index (κ2) is 3.76. The lowest BCUT2D eigenvalue weighted by atomic mass is 10.1. The molecule has 0 spiro atoms. The molecular formula is C8H5BrF2O. The highest BCUT2D eigenvalue weighted by Gasteiger charge is 2.06. The highest BCUT2D eigenvalue weighted by Crippen LogP contribution is 2.11. The van der Waals surface area contributed by atoms with Crippen molar-refractivity contribution in [2.45, 2.75) is 6.42 Å². The molecule has 0 aromatic heterocycles. The Morgan fingerprint density at radius 2 is 2.08 bits per heavy atom. The van der Waals surface area contributed by atoms with Gasteiger partial charge >= 0.3 is 0 Å². The molecule has 0 N–H and O–H groups in total. The van der Waals surface area contributed by atoms with E-state index in [1.807, 2.05) is 0 Å². The molecule has 0 unspecified atom stereocenters. The summed E-state index contributed by atoms with van der Waals surface area (Å²) in [6.07, 6.45) is -0.135. The Hall–Kier alpha value is -0.770. The Morgan fingerprint density at radius 1 is 1.42 bits per heavy atom. The Kier molecular flexibility index (Phi) is 2.92. The summed E-state index contributed by atoms with van der Waals surface area (Å²) < 4.78 is 24.9. The zero-order chi connectivity index (χ0) is 9.14. The SMILES string of the molecule is O=C(Br)Cc1cc(F)ccc1F. The second-order valence-corrected chi connectivity index (χ2v) is 3.15. The molecule has 0 fully saturated rings. The summed E-state index contributed by atoms with van der Waals surface area (Å²) in [5.74, 6) is -1.11. The van der Waals surface area contributed by atoms with Gasteiger partial charge in [-0.05, 0) is 39.7 Å². The van der Waals surface area contributed by atoms with Gasteiger partial charge in [-0.15, -0.1) is 0 Å². The topological polar surface area (TPSA) is 17.1 Å². The van der Waals surface area contributed by atoms with Crippen LogP contribution >= 0.6 is 15.9 Å². The summed E-state index contributed by atoms with van der Waals surface area (Å²) in [7, 11) is 0. The fraction of sp³-hybridized carbons (Fsp3) is 0.125. The molecule has 1 rings (SSSR count). The van der Waals surface area contributed by atoms with E-state index in [2.05, 4.69) is 15.9 Å². The number of benzene rings is 1. The molecule has 0 amide bonds. The van der Waals surface area contributed by atoms with Crippen LogP contribution in [0.5, 0.6) is 0 Å². The fourth-order valence-electron chi connectivity index (χ4n) is 0.829. The van der Waals surface area contributed by atoms with Crippen LogP contribution in [0.25, 0.3) is 0 Å². The van der Waals surface area contributed by atoms with Gasteiger partial charge in [-0.3, -0.25) is 4.79 Å². The molecule has 1 nitrogen and oxygen atoms in total. The Labute approximate surface area is 76.5 Å². The highest BCUT2D eigenvalue weighted by atomic mass is 79.9. The van der Waals surface area contributed by atoms with Crippen LogP contribution in [-0.4, -0.2) is 4.69 Å². The van der Waals surface area contributed by atoms with Crippen LogP contribution in [0.1, 0.15) is 5.56 Å². The van der Waals surface area contributed by atoms with Crippen molar-refractivity contribution in [3.05, 3.63) is 35.4 Å². The number of hydrogen-bond acceptors (Lipinski definition) is 1. The van der Waals surface area contributed by atoms with Gasteiger partial charge < -0.3 is 0 Å². The van der Waals surface area contributed by atoms with E-state index in [0.717, 1.165) is 18.2 Å². The first kappa shape index (κ1) is 9.32. The van der Waals surface area contributed by atoms with E-state index in [1.165, 1.54) is 0 Å². The molecule has 0 atom stereocenters. The predicted molar refractivity (Wildman–Crippen MR) is 44.0 cm³/mol. The van der Waals surface area contributed by atoms with E-state index in [0.29, 0.717) is 0 Å². The molecule has 1 aromatic rings. The standard InChI is InChI=1S/C8H5BrF2O/c9-8(12)4-5-3-6(10)1-2-7(5)11/h1-3H,4H2. The van der Waals surface area contributed by atoms with Gasteiger partial charge in [0.15, 0.2) is 0 Å². The average Bonchev–Trinajstić information content (AvgIpc) is 1.96. The van der Waals surface area contributed by atoms with E-state index < -0.39 is 11.6 Å². The van der Waals surface area contributed by atoms with Gasteiger partial charge in [-0.25, -0.2) is 8.78 Å². The van der Waals surface area contributed by atoms with Crippen LogP contribution in [0.4, 0.5) is 8.78 Å². The number of rotatable bonds is 2. The molecule has 0 aliphatic heterocycles. The molecule has 64 valence electrons. The monoisotopic (exact) mass is 234 g/mol. The van der Waals surface area contributed by atoms with Crippen LogP contribution < -0.4 is 0 Å². The lowest BCUT2D eigenvalue weighted by Crippen LogP contribution is -1.97. The summed E-state index contributed by atoms with van der Waals surface area (Å²) in [4.78, 5) is 10.5. The van der Waals surface area contributed by atoms with E-state index in [4.69, 9.17) is 0 Å². The average molecular weight is 235 g/mol. The molecule has 0 radical (unpaired) electrons. The van der Waals surface area contributed by atoms with Crippen molar-refractivity contribution in [2.75, 3.05) is 0 Å². The Balaban J connectivity index is 2.97. The van der Waals surface area contributed by atoms with Gasteiger partial charge in [-0.2, -0.15) is 0 Å². The smallest absolute Gasteiger partial charge is 0.202 e. The lowest BCUT2D eigenvalue weighted by molar-refractivity contribution is -0.109. The number of halogens is 3. The third kappa shape index (κ3) is 2.37. The van der Waals surface area contributed by atoms with Crippen molar-refractivity contribution in [1.82, 2.24) is 0 Å². The first-order valence-electron chi connectivity index (χ1n) is 3.22. The van der Waals surface area contributed by atoms with Crippen molar-refractivity contribution in [2.24, 2.45) is 0 Å². The predicted octanol–water partition coefficient (Wildman–Crippen LogP) is 2.43. The van der Waals surface area contributed by atoms with Crippen LogP contribution in [0.2, 0.25) is 0 Å². The van der Waals surface area contributed by atoms with E-state index in [-0.39, 0.29) is 16.7 Å². The van der Waals surface area contributed by atoms with Gasteiger partial charge in [-0.1, -0.05) is 0 Å². The first-order valence-corrected chi connectivity index (χ1v) is 4.01. The van der Waals surface area contributed by atoms with Crippen LogP contribution in [0.3, 0.4) is 0 Å². The molecule has 0 heterocycles. The van der Waals surface area contributed by atoms with E-state index in [9.17, 15) is 13.6 Å². The third-order valence-corrected chi connectivity index (χ3v) is 1.62. The molecule has 0 aliphatic carbocycles. The van der Waals surface area contributed by atoms with Crippen LogP contribution in [0.15, 0.2) is 18.2 Å². The maximum Gasteiger partial charge on any atom is 0.202 e. The fourth-order valence-corrected chi connectivity index (χ4v) is 1.13. The van der Waals surface area contributed by atoms with Gasteiger partial charge in [0.25, 0.3) is 0 Å². The minimum Gasteiger partial charge on any atom is -0.286 e. The molecular weight excluding hydrogens is 230 g/mol. The van der Waals surface area contributed by atoms with E-state index in [1.54, 1.807) is 0 Å². The largest absolute Gasteiger partial charge is 0.286 e. The maximum atomic E-state index is 12.8. The molecule has 0 saturated heterocycles. The molecule has 0 bridgehead atoms. The molecule has 4 heteroatoms. The summed E-state index contributed by atoms with van der Waals surface area (Å²) in [5, 5.41) is 0. The quantitative estimate of drug-likeness (QED) is 0.719. The van der Waals surface area contributed by atoms with Gasteiger partial charge in [0.05, 0.1) is 0 Å². The normalized spacial score (nSPS) is 9.92. The summed E-state index contributed by atoms with van der Waals surface area (Å²) in [5.41, 5.74) is 0.0666. The molecule has 1 aromatic carbocycles. The van der Waals surface area contributed by atoms with Crippen LogP contribution in [0, 0.1) is 11.6 Å². The second-order valence-electron chi connectivity index (χ2n) is 2.27. The van der Waals surface area contributed by atoms with Gasteiger partial charge in [0.1, 0.15) is 11.6 Å². The Bertz CT molecular complexity index is 312. The summed E-state index contributed by atoms with van der Waals surface area (Å²) in [6, 6.07) is 3.02. The summed E-state index contributed by atoms with van der Waals surface area (Å²) >= 11 is 2.64. The zero-order valence-corrected chi connectivity index (χ0v) is 7.57. The number of carbonyl (C=O) groups is 1. The van der Waals surface area contributed by atoms with Crippen molar-refractivity contribution in [3.63, 3.8) is 0 Å². The van der Waals surface area contributed by atoms with Gasteiger partial charge in [0.2, 0.25) is 4.69 Å². The molecule has 0 saturated carbocycles. The highest BCUT2D eigenvalue weighted by molar-refractivity contribution is 9.18. The number of carbonyl (C=O) groups excluding carboxylic acids is 1. The van der Waals surface area contributed by atoms with Crippen molar-refractivity contribution >= 4 is 20.6 Å².